The third-order valence-corrected chi connectivity index (χ3v) is 4.69. The minimum absolute atomic E-state index is 0.0519. The zero-order valence-corrected chi connectivity index (χ0v) is 12.5. The van der Waals surface area contributed by atoms with Crippen LogP contribution < -0.4 is 4.90 Å². The lowest BCUT2D eigenvalue weighted by atomic mass is 10.1. The number of rotatable bonds is 3. The lowest BCUT2D eigenvalue weighted by molar-refractivity contribution is 0.101. The van der Waals surface area contributed by atoms with Crippen molar-refractivity contribution in [1.82, 2.24) is 4.90 Å². The summed E-state index contributed by atoms with van der Waals surface area (Å²) in [5.41, 5.74) is 2.28. The van der Waals surface area contributed by atoms with Crippen molar-refractivity contribution in [2.75, 3.05) is 31.1 Å². The lowest BCUT2D eigenvalue weighted by Gasteiger charge is -2.25. The van der Waals surface area contributed by atoms with Crippen molar-refractivity contribution in [2.24, 2.45) is 0 Å². The Morgan fingerprint density at radius 2 is 2.05 bits per heavy atom. The van der Waals surface area contributed by atoms with Crippen molar-refractivity contribution in [1.29, 1.82) is 5.26 Å². The summed E-state index contributed by atoms with van der Waals surface area (Å²) in [7, 11) is 0. The number of carbonyl (C=O) groups is 1. The quantitative estimate of drug-likeness (QED) is 0.799. The summed E-state index contributed by atoms with van der Waals surface area (Å²) < 4.78 is 0. The fourth-order valence-corrected chi connectivity index (χ4v) is 3.47. The molecular weight excluding hydrogens is 262 g/mol. The molecule has 1 atom stereocenters. The summed E-state index contributed by atoms with van der Waals surface area (Å²) in [6, 6.07) is 8.26. The van der Waals surface area contributed by atoms with Crippen LogP contribution in [-0.4, -0.2) is 42.9 Å². The second-order valence-electron chi connectivity index (χ2n) is 6.03. The summed E-state index contributed by atoms with van der Waals surface area (Å²) in [5.74, 6) is 0.0519. The molecule has 0 aromatic heterocycles. The average molecular weight is 283 g/mol. The predicted molar refractivity (Wildman–Crippen MR) is 82.6 cm³/mol. The van der Waals surface area contributed by atoms with Gasteiger partial charge in [0.05, 0.1) is 11.3 Å². The van der Waals surface area contributed by atoms with E-state index >= 15 is 0 Å². The van der Waals surface area contributed by atoms with Crippen LogP contribution in [0.5, 0.6) is 0 Å². The molecule has 110 valence electrons. The van der Waals surface area contributed by atoms with E-state index in [9.17, 15) is 10.1 Å². The Morgan fingerprint density at radius 3 is 2.71 bits per heavy atom. The van der Waals surface area contributed by atoms with Crippen molar-refractivity contribution in [3.05, 3.63) is 29.3 Å². The molecule has 0 radical (unpaired) electrons. The fraction of sp³-hybridized carbons (Fsp3) is 0.529. The molecule has 1 unspecified atom stereocenters. The Hall–Kier alpha value is -1.86. The smallest absolute Gasteiger partial charge is 0.159 e. The van der Waals surface area contributed by atoms with Crippen molar-refractivity contribution in [3.8, 4) is 6.07 Å². The molecule has 0 spiro atoms. The molecule has 0 bridgehead atoms. The van der Waals surface area contributed by atoms with Crippen LogP contribution in [0.4, 0.5) is 5.69 Å². The van der Waals surface area contributed by atoms with Gasteiger partial charge in [-0.2, -0.15) is 5.26 Å². The van der Waals surface area contributed by atoms with Gasteiger partial charge in [-0.1, -0.05) is 0 Å². The van der Waals surface area contributed by atoms with Crippen LogP contribution in [-0.2, 0) is 0 Å². The van der Waals surface area contributed by atoms with Gasteiger partial charge >= 0.3 is 0 Å². The molecule has 3 rings (SSSR count). The molecule has 1 aromatic rings. The number of nitriles is 1. The van der Waals surface area contributed by atoms with Crippen LogP contribution in [0, 0.1) is 11.3 Å². The van der Waals surface area contributed by atoms with Gasteiger partial charge in [0.2, 0.25) is 0 Å². The van der Waals surface area contributed by atoms with Gasteiger partial charge < -0.3 is 4.90 Å². The largest absolute Gasteiger partial charge is 0.369 e. The highest BCUT2D eigenvalue weighted by atomic mass is 16.1. The molecule has 0 saturated carbocycles. The maximum absolute atomic E-state index is 11.6. The molecule has 0 amide bonds. The van der Waals surface area contributed by atoms with Gasteiger partial charge in [0, 0.05) is 24.7 Å². The van der Waals surface area contributed by atoms with Crippen LogP contribution >= 0.6 is 0 Å². The highest BCUT2D eigenvalue weighted by Gasteiger charge is 2.30. The van der Waals surface area contributed by atoms with Crippen LogP contribution in [0.2, 0.25) is 0 Å². The van der Waals surface area contributed by atoms with E-state index in [1.807, 2.05) is 6.07 Å². The molecule has 0 N–H and O–H groups in total. The average Bonchev–Trinajstić information content (AvgIpc) is 3.17. The minimum atomic E-state index is 0.0519. The van der Waals surface area contributed by atoms with E-state index in [0.29, 0.717) is 17.2 Å². The van der Waals surface area contributed by atoms with E-state index in [1.54, 1.807) is 19.1 Å². The fourth-order valence-electron chi connectivity index (χ4n) is 3.47. The SMILES string of the molecule is CC(=O)c1ccc(C#N)c(N2CCC(N3CCCC3)C2)c1. The van der Waals surface area contributed by atoms with E-state index in [0.717, 1.165) is 25.2 Å². The standard InChI is InChI=1S/C17H21N3O/c1-13(21)14-4-5-15(11-18)17(10-14)20-9-6-16(12-20)19-7-2-3-8-19/h4-5,10,16H,2-3,6-9,12H2,1H3. The van der Waals surface area contributed by atoms with Gasteiger partial charge in [0.15, 0.2) is 5.78 Å². The lowest BCUT2D eigenvalue weighted by Crippen LogP contribution is -2.35. The monoisotopic (exact) mass is 283 g/mol. The number of anilines is 1. The van der Waals surface area contributed by atoms with Crippen LogP contribution in [0.15, 0.2) is 18.2 Å². The Labute approximate surface area is 126 Å². The molecule has 2 aliphatic heterocycles. The summed E-state index contributed by atoms with van der Waals surface area (Å²) in [5, 5.41) is 9.31. The van der Waals surface area contributed by atoms with Gasteiger partial charge in [-0.25, -0.2) is 0 Å². The number of hydrogen-bond acceptors (Lipinski definition) is 4. The Balaban J connectivity index is 1.81. The molecule has 21 heavy (non-hydrogen) atoms. The molecule has 1 aromatic carbocycles. The van der Waals surface area contributed by atoms with E-state index in [2.05, 4.69) is 15.9 Å². The van der Waals surface area contributed by atoms with Crippen molar-refractivity contribution in [3.63, 3.8) is 0 Å². The Bertz CT molecular complexity index is 584. The summed E-state index contributed by atoms with van der Waals surface area (Å²) in [6.07, 6.45) is 3.76. The van der Waals surface area contributed by atoms with Crippen molar-refractivity contribution < 1.29 is 4.79 Å². The molecule has 0 aliphatic carbocycles. The maximum atomic E-state index is 11.6. The number of nitrogens with zero attached hydrogens (tertiary/aromatic N) is 3. The molecule has 2 aliphatic rings. The van der Waals surface area contributed by atoms with Gasteiger partial charge in [-0.05, 0) is 57.5 Å². The van der Waals surface area contributed by atoms with Crippen molar-refractivity contribution in [2.45, 2.75) is 32.2 Å². The predicted octanol–water partition coefficient (Wildman–Crippen LogP) is 2.44. The second kappa shape index (κ2) is 5.87. The number of benzene rings is 1. The number of Topliss-reactive ketones (excluding diaryl/α,β-unsaturated/α-hetero) is 1. The number of carbonyl (C=O) groups excluding carboxylic acids is 1. The highest BCUT2D eigenvalue weighted by Crippen LogP contribution is 2.28. The Morgan fingerprint density at radius 1 is 1.29 bits per heavy atom. The first kappa shape index (κ1) is 14.1. The van der Waals surface area contributed by atoms with Gasteiger partial charge in [0.25, 0.3) is 0 Å². The number of ketones is 1. The van der Waals surface area contributed by atoms with E-state index in [1.165, 1.54) is 25.9 Å². The zero-order chi connectivity index (χ0) is 14.8. The van der Waals surface area contributed by atoms with E-state index < -0.39 is 0 Å². The third-order valence-electron chi connectivity index (χ3n) is 4.69. The first-order valence-corrected chi connectivity index (χ1v) is 7.73. The van der Waals surface area contributed by atoms with Gasteiger partial charge in [-0.3, -0.25) is 9.69 Å². The Kier molecular flexibility index (Phi) is 3.94. The summed E-state index contributed by atoms with van der Waals surface area (Å²) in [6.45, 7) is 5.92. The molecule has 2 fully saturated rings. The highest BCUT2D eigenvalue weighted by molar-refractivity contribution is 5.95. The van der Waals surface area contributed by atoms with Gasteiger partial charge in [-0.15, -0.1) is 0 Å². The topological polar surface area (TPSA) is 47.3 Å². The first-order valence-electron chi connectivity index (χ1n) is 7.73. The normalized spacial score (nSPS) is 22.5. The minimum Gasteiger partial charge on any atom is -0.369 e. The molecule has 2 saturated heterocycles. The van der Waals surface area contributed by atoms with Crippen LogP contribution in [0.3, 0.4) is 0 Å². The van der Waals surface area contributed by atoms with Crippen molar-refractivity contribution >= 4 is 11.5 Å². The molecule has 2 heterocycles. The zero-order valence-electron chi connectivity index (χ0n) is 12.5. The summed E-state index contributed by atoms with van der Waals surface area (Å²) in [4.78, 5) is 16.4. The number of likely N-dealkylation sites (tertiary alicyclic amines) is 1. The molecule has 4 heteroatoms. The maximum Gasteiger partial charge on any atom is 0.159 e. The number of hydrogen-bond donors (Lipinski definition) is 0. The molecule has 4 nitrogen and oxygen atoms in total. The summed E-state index contributed by atoms with van der Waals surface area (Å²) >= 11 is 0. The van der Waals surface area contributed by atoms with E-state index in [4.69, 9.17) is 0 Å². The van der Waals surface area contributed by atoms with Crippen LogP contribution in [0.1, 0.15) is 42.1 Å². The van der Waals surface area contributed by atoms with Crippen LogP contribution in [0.25, 0.3) is 0 Å². The van der Waals surface area contributed by atoms with E-state index in [-0.39, 0.29) is 5.78 Å². The van der Waals surface area contributed by atoms with Gasteiger partial charge in [0.1, 0.15) is 6.07 Å². The first-order chi connectivity index (χ1) is 10.2. The third kappa shape index (κ3) is 2.79. The molecular formula is C17H21N3O. The second-order valence-corrected chi connectivity index (χ2v) is 6.03.